The fraction of sp³-hybridized carbons (Fsp3) is 0.0500. The van der Waals surface area contributed by atoms with Crippen LogP contribution in [-0.4, -0.2) is 21.8 Å². The van der Waals surface area contributed by atoms with Crippen molar-refractivity contribution in [3.05, 3.63) is 94.1 Å². The first-order valence-electron chi connectivity index (χ1n) is 7.99. The number of pyridine rings is 1. The molecule has 4 rings (SSSR count). The number of hydrogen-bond donors (Lipinski definition) is 1. The molecule has 128 valence electrons. The van der Waals surface area contributed by atoms with Crippen molar-refractivity contribution in [2.24, 2.45) is 0 Å². The number of carbonyl (C=O) groups is 2. The number of thiophene rings is 1. The van der Waals surface area contributed by atoms with E-state index in [0.29, 0.717) is 16.3 Å². The smallest absolute Gasteiger partial charge is 0.294 e. The molecule has 0 fully saturated rings. The van der Waals surface area contributed by atoms with Gasteiger partial charge in [-0.1, -0.05) is 30.3 Å². The average molecular weight is 362 g/mol. The van der Waals surface area contributed by atoms with Crippen LogP contribution in [0.1, 0.15) is 21.4 Å². The quantitative estimate of drug-likeness (QED) is 0.714. The van der Waals surface area contributed by atoms with Crippen molar-refractivity contribution >= 4 is 28.7 Å². The molecule has 3 aromatic rings. The summed E-state index contributed by atoms with van der Waals surface area (Å²) in [4.78, 5) is 32.0. The highest BCUT2D eigenvalue weighted by Crippen LogP contribution is 2.41. The number of ketones is 1. The number of para-hydroxylation sites is 1. The Bertz CT molecular complexity index is 982. The van der Waals surface area contributed by atoms with Gasteiger partial charge in [0, 0.05) is 11.9 Å². The molecule has 1 atom stereocenters. The molecule has 0 spiro atoms. The van der Waals surface area contributed by atoms with E-state index in [-0.39, 0.29) is 11.4 Å². The summed E-state index contributed by atoms with van der Waals surface area (Å²) in [7, 11) is 0. The van der Waals surface area contributed by atoms with Gasteiger partial charge in [-0.05, 0) is 35.7 Å². The third kappa shape index (κ3) is 2.60. The highest BCUT2D eigenvalue weighted by Gasteiger charge is 2.45. The first-order chi connectivity index (χ1) is 12.7. The molecule has 26 heavy (non-hydrogen) atoms. The molecule has 0 aliphatic carbocycles. The normalized spacial score (nSPS) is 17.0. The maximum absolute atomic E-state index is 13.0. The van der Waals surface area contributed by atoms with Crippen LogP contribution >= 0.6 is 11.3 Å². The van der Waals surface area contributed by atoms with Gasteiger partial charge < -0.3 is 5.11 Å². The average Bonchev–Trinajstić information content (AvgIpc) is 3.31. The van der Waals surface area contributed by atoms with E-state index in [4.69, 9.17) is 0 Å². The van der Waals surface area contributed by atoms with Crippen molar-refractivity contribution < 1.29 is 14.7 Å². The second-order valence-corrected chi connectivity index (χ2v) is 6.68. The van der Waals surface area contributed by atoms with Crippen molar-refractivity contribution in [3.8, 4) is 0 Å². The summed E-state index contributed by atoms with van der Waals surface area (Å²) in [6.45, 7) is 0. The van der Waals surface area contributed by atoms with Gasteiger partial charge in [-0.3, -0.25) is 19.5 Å². The predicted octanol–water partition coefficient (Wildman–Crippen LogP) is 3.93. The van der Waals surface area contributed by atoms with Crippen LogP contribution in [0.2, 0.25) is 0 Å². The number of anilines is 1. The molecule has 1 unspecified atom stereocenters. The number of benzene rings is 1. The van der Waals surface area contributed by atoms with E-state index in [2.05, 4.69) is 4.98 Å². The number of nitrogens with zero attached hydrogens (tertiary/aromatic N) is 2. The van der Waals surface area contributed by atoms with Gasteiger partial charge in [-0.2, -0.15) is 0 Å². The second kappa shape index (κ2) is 6.57. The third-order valence-electron chi connectivity index (χ3n) is 4.20. The molecule has 5 nitrogen and oxygen atoms in total. The summed E-state index contributed by atoms with van der Waals surface area (Å²) in [5.41, 5.74) is 1.17. The summed E-state index contributed by atoms with van der Waals surface area (Å²) >= 11 is 1.27. The lowest BCUT2D eigenvalue weighted by Gasteiger charge is -2.25. The number of aliphatic hydroxyl groups is 1. The fourth-order valence-electron chi connectivity index (χ4n) is 3.05. The van der Waals surface area contributed by atoms with E-state index in [1.165, 1.54) is 16.2 Å². The molecular weight excluding hydrogens is 348 g/mol. The molecule has 1 N–H and O–H groups in total. The van der Waals surface area contributed by atoms with Crippen LogP contribution in [-0.2, 0) is 4.79 Å². The van der Waals surface area contributed by atoms with Gasteiger partial charge in [0.05, 0.1) is 16.1 Å². The van der Waals surface area contributed by atoms with Gasteiger partial charge >= 0.3 is 0 Å². The molecule has 3 heterocycles. The van der Waals surface area contributed by atoms with Crippen LogP contribution in [0.5, 0.6) is 0 Å². The predicted molar refractivity (Wildman–Crippen MR) is 99.2 cm³/mol. The van der Waals surface area contributed by atoms with E-state index < -0.39 is 17.7 Å². The first kappa shape index (κ1) is 16.2. The molecule has 1 amide bonds. The number of aliphatic hydroxyl groups excluding tert-OH is 1. The maximum atomic E-state index is 13.0. The van der Waals surface area contributed by atoms with Crippen LogP contribution < -0.4 is 4.90 Å². The minimum atomic E-state index is -0.777. The number of carbonyl (C=O) groups excluding carboxylic acids is 2. The Morgan fingerprint density at radius 1 is 1.04 bits per heavy atom. The Hall–Kier alpha value is -3.25. The zero-order valence-corrected chi connectivity index (χ0v) is 14.4. The standard InChI is InChI=1S/C20H14N2O3S/c23-18(15-10-6-12-26-15)16-17(14-9-4-5-11-21-14)22(20(25)19(16)24)13-7-2-1-3-8-13/h1-12,17,24H. The summed E-state index contributed by atoms with van der Waals surface area (Å²) in [5, 5.41) is 12.3. The lowest BCUT2D eigenvalue weighted by atomic mass is 9.98. The lowest BCUT2D eigenvalue weighted by molar-refractivity contribution is -0.117. The SMILES string of the molecule is O=C(C1=C(O)C(=O)N(c2ccccc2)C1c1ccccn1)c1cccs1. The van der Waals surface area contributed by atoms with E-state index in [0.717, 1.165) is 0 Å². The molecule has 6 heteroatoms. The zero-order valence-electron chi connectivity index (χ0n) is 13.6. The van der Waals surface area contributed by atoms with Crippen LogP contribution in [0, 0.1) is 0 Å². The van der Waals surface area contributed by atoms with Crippen LogP contribution in [0.3, 0.4) is 0 Å². The first-order valence-corrected chi connectivity index (χ1v) is 8.87. The second-order valence-electron chi connectivity index (χ2n) is 5.74. The van der Waals surface area contributed by atoms with Crippen molar-refractivity contribution in [2.75, 3.05) is 4.90 Å². The molecule has 0 bridgehead atoms. The number of hydrogen-bond acceptors (Lipinski definition) is 5. The molecule has 2 aromatic heterocycles. The van der Waals surface area contributed by atoms with Crippen molar-refractivity contribution in [1.29, 1.82) is 0 Å². The van der Waals surface area contributed by atoms with Crippen molar-refractivity contribution in [3.63, 3.8) is 0 Å². The maximum Gasteiger partial charge on any atom is 0.294 e. The Balaban J connectivity index is 1.88. The van der Waals surface area contributed by atoms with Gasteiger partial charge in [0.1, 0.15) is 6.04 Å². The summed E-state index contributed by atoms with van der Waals surface area (Å²) < 4.78 is 0. The zero-order chi connectivity index (χ0) is 18.1. The van der Waals surface area contributed by atoms with E-state index in [1.54, 1.807) is 66.2 Å². The minimum Gasteiger partial charge on any atom is -0.503 e. The highest BCUT2D eigenvalue weighted by molar-refractivity contribution is 7.12. The monoisotopic (exact) mass is 362 g/mol. The molecular formula is C20H14N2O3S. The molecule has 1 aliphatic heterocycles. The molecule has 0 radical (unpaired) electrons. The number of Topliss-reactive ketones (excluding diaryl/α,β-unsaturated/α-hetero) is 1. The largest absolute Gasteiger partial charge is 0.503 e. The minimum absolute atomic E-state index is 0.0556. The molecule has 1 aromatic carbocycles. The topological polar surface area (TPSA) is 70.5 Å². The van der Waals surface area contributed by atoms with E-state index >= 15 is 0 Å². The lowest BCUT2D eigenvalue weighted by Crippen LogP contribution is -2.31. The third-order valence-corrected chi connectivity index (χ3v) is 5.07. The van der Waals surface area contributed by atoms with Gasteiger partial charge in [0.15, 0.2) is 5.76 Å². The van der Waals surface area contributed by atoms with Gasteiger partial charge in [-0.25, -0.2) is 0 Å². The van der Waals surface area contributed by atoms with E-state index in [9.17, 15) is 14.7 Å². The summed E-state index contributed by atoms with van der Waals surface area (Å²) in [5.74, 6) is -1.49. The summed E-state index contributed by atoms with van der Waals surface area (Å²) in [6.07, 6.45) is 1.60. The number of amides is 1. The summed E-state index contributed by atoms with van der Waals surface area (Å²) in [6, 6.07) is 16.9. The van der Waals surface area contributed by atoms with E-state index in [1.807, 2.05) is 6.07 Å². The molecule has 1 aliphatic rings. The van der Waals surface area contributed by atoms with Crippen LogP contribution in [0.25, 0.3) is 0 Å². The van der Waals surface area contributed by atoms with Gasteiger partial charge in [0.2, 0.25) is 5.78 Å². The van der Waals surface area contributed by atoms with Gasteiger partial charge in [-0.15, -0.1) is 11.3 Å². The Kier molecular flexibility index (Phi) is 4.10. The Morgan fingerprint density at radius 2 is 1.81 bits per heavy atom. The van der Waals surface area contributed by atoms with Crippen molar-refractivity contribution in [2.45, 2.75) is 6.04 Å². The van der Waals surface area contributed by atoms with Crippen LogP contribution in [0.4, 0.5) is 5.69 Å². The molecule has 0 saturated heterocycles. The van der Waals surface area contributed by atoms with Gasteiger partial charge in [0.25, 0.3) is 5.91 Å². The number of rotatable bonds is 4. The molecule has 0 saturated carbocycles. The van der Waals surface area contributed by atoms with Crippen LogP contribution in [0.15, 0.2) is 83.6 Å². The highest BCUT2D eigenvalue weighted by atomic mass is 32.1. The fourth-order valence-corrected chi connectivity index (χ4v) is 3.73. The Morgan fingerprint density at radius 3 is 2.46 bits per heavy atom. The Labute approximate surface area is 153 Å². The number of aromatic nitrogens is 1. The van der Waals surface area contributed by atoms with Crippen molar-refractivity contribution in [1.82, 2.24) is 4.98 Å².